The van der Waals surface area contributed by atoms with Gasteiger partial charge in [0.25, 0.3) is 0 Å². The maximum Gasteiger partial charge on any atom is 0.407 e. The van der Waals surface area contributed by atoms with Crippen molar-refractivity contribution in [3.8, 4) is 16.9 Å². The highest BCUT2D eigenvalue weighted by Gasteiger charge is 2.32. The lowest BCUT2D eigenvalue weighted by Crippen LogP contribution is -2.57. The number of primary amides is 1. The van der Waals surface area contributed by atoms with Crippen molar-refractivity contribution in [2.75, 3.05) is 32.0 Å². The molecule has 0 radical (unpaired) electrons. The van der Waals surface area contributed by atoms with E-state index in [2.05, 4.69) is 37.2 Å². The van der Waals surface area contributed by atoms with E-state index >= 15 is 0 Å². The van der Waals surface area contributed by atoms with Crippen LogP contribution in [0.3, 0.4) is 0 Å². The topological polar surface area (TPSA) is 319 Å². The monoisotopic (exact) mass is 1060 g/mol. The molecule has 0 aromatic heterocycles. The number of phenolic OH excluding ortho intramolecular Hbond substituents is 1. The third kappa shape index (κ3) is 18.9. The molecule has 4 aromatic rings. The predicted octanol–water partition coefficient (Wildman–Crippen LogP) is 2.59. The molecule has 0 spiro atoms. The summed E-state index contributed by atoms with van der Waals surface area (Å²) in [4.78, 5) is 119. The van der Waals surface area contributed by atoms with Crippen molar-refractivity contribution in [3.63, 3.8) is 0 Å². The van der Waals surface area contributed by atoms with Gasteiger partial charge in [-0.15, -0.1) is 0 Å². The van der Waals surface area contributed by atoms with Gasteiger partial charge < -0.3 is 58.5 Å². The predicted molar refractivity (Wildman–Crippen MR) is 287 cm³/mol. The normalized spacial score (nSPS) is 13.5. The number of carbonyl (C=O) groups is 9. The highest BCUT2D eigenvalue weighted by Crippen LogP contribution is 2.44. The summed E-state index contributed by atoms with van der Waals surface area (Å²) in [5.41, 5.74) is 16.3. The molecule has 0 saturated heterocycles. The van der Waals surface area contributed by atoms with Gasteiger partial charge in [0, 0.05) is 30.9 Å². The van der Waals surface area contributed by atoms with Crippen LogP contribution in [-0.2, 0) is 55.9 Å². The first-order valence-corrected chi connectivity index (χ1v) is 26.2. The van der Waals surface area contributed by atoms with E-state index in [1.54, 1.807) is 42.5 Å². The van der Waals surface area contributed by atoms with Gasteiger partial charge in [0.1, 0.15) is 36.5 Å². The molecule has 1 aliphatic carbocycles. The molecular formula is C55H69N9O11S. The summed E-state index contributed by atoms with van der Waals surface area (Å²) < 4.78 is 5.62. The van der Waals surface area contributed by atoms with Gasteiger partial charge in [0.2, 0.25) is 46.5 Å². The van der Waals surface area contributed by atoms with Crippen molar-refractivity contribution in [2.24, 2.45) is 17.4 Å². The molecule has 8 amide bonds. The molecule has 76 heavy (non-hydrogen) atoms. The van der Waals surface area contributed by atoms with Gasteiger partial charge in [-0.1, -0.05) is 117 Å². The maximum absolute atomic E-state index is 14.0. The lowest BCUT2D eigenvalue weighted by atomic mass is 9.98. The number of hydrogen-bond acceptors (Lipinski definition) is 13. The quantitative estimate of drug-likeness (QED) is 0.0350. The van der Waals surface area contributed by atoms with E-state index in [0.717, 1.165) is 34.0 Å². The molecular weight excluding hydrogens is 995 g/mol. The highest BCUT2D eigenvalue weighted by atomic mass is 32.2. The molecule has 0 heterocycles. The number of hydrogen-bond donors (Lipinski definition) is 10. The van der Waals surface area contributed by atoms with Crippen LogP contribution in [0.25, 0.3) is 11.1 Å². The third-order valence-electron chi connectivity index (χ3n) is 12.4. The second-order valence-corrected chi connectivity index (χ2v) is 19.9. The minimum atomic E-state index is -1.32. The average Bonchev–Trinajstić information content (AvgIpc) is 3.72. The van der Waals surface area contributed by atoms with Gasteiger partial charge in [-0.25, -0.2) is 4.79 Å². The van der Waals surface area contributed by atoms with E-state index in [1.165, 1.54) is 19.1 Å². The van der Waals surface area contributed by atoms with E-state index in [4.69, 9.17) is 16.2 Å². The zero-order valence-corrected chi connectivity index (χ0v) is 43.8. The van der Waals surface area contributed by atoms with Crippen LogP contribution in [-0.4, -0.2) is 120 Å². The number of carbonyl (C=O) groups excluding carboxylic acids is 9. The summed E-state index contributed by atoms with van der Waals surface area (Å²) in [5, 5.41) is 27.7. The van der Waals surface area contributed by atoms with Crippen molar-refractivity contribution in [1.29, 1.82) is 0 Å². The number of rotatable bonds is 29. The Bertz CT molecular complexity index is 2610. The minimum absolute atomic E-state index is 0.00320. The van der Waals surface area contributed by atoms with Crippen LogP contribution in [0.4, 0.5) is 4.79 Å². The first kappa shape index (κ1) is 59.1. The van der Waals surface area contributed by atoms with E-state index in [9.17, 15) is 48.3 Å². The summed E-state index contributed by atoms with van der Waals surface area (Å²) in [5.74, 6) is -5.09. The van der Waals surface area contributed by atoms with Gasteiger partial charge in [0.15, 0.2) is 0 Å². The Balaban J connectivity index is 1.18. The fraction of sp³-hybridized carbons (Fsp3) is 0.400. The molecule has 0 unspecified atom stereocenters. The van der Waals surface area contributed by atoms with E-state index in [0.29, 0.717) is 30.5 Å². The molecule has 4 aromatic carbocycles. The Morgan fingerprint density at radius 2 is 1.16 bits per heavy atom. The number of ether oxygens (including phenoxy) is 1. The first-order chi connectivity index (χ1) is 36.4. The largest absolute Gasteiger partial charge is 0.508 e. The molecule has 21 heteroatoms. The second-order valence-electron chi connectivity index (χ2n) is 18.8. The van der Waals surface area contributed by atoms with Crippen molar-refractivity contribution in [3.05, 3.63) is 125 Å². The summed E-state index contributed by atoms with van der Waals surface area (Å²) >= 11 is 0.877. The lowest BCUT2D eigenvalue weighted by molar-refractivity contribution is -0.133. The maximum atomic E-state index is 14.0. The number of alkyl carbamates (subject to hydrolysis) is 1. The van der Waals surface area contributed by atoms with E-state index in [-0.39, 0.29) is 67.2 Å². The number of nitrogens with one attached hydrogen (secondary N) is 7. The smallest absolute Gasteiger partial charge is 0.407 e. The Labute approximate surface area is 446 Å². The average molecular weight is 1060 g/mol. The number of amides is 8. The number of benzene rings is 4. The Morgan fingerprint density at radius 3 is 1.78 bits per heavy atom. The fourth-order valence-corrected chi connectivity index (χ4v) is 9.30. The van der Waals surface area contributed by atoms with E-state index in [1.807, 2.05) is 62.4 Å². The number of aromatic hydroxyl groups is 1. The van der Waals surface area contributed by atoms with Gasteiger partial charge in [0.05, 0.1) is 19.1 Å². The summed E-state index contributed by atoms with van der Waals surface area (Å²) in [6, 6.07) is 24.7. The minimum Gasteiger partial charge on any atom is -0.508 e. The number of unbranched alkanes of at least 4 members (excludes halogenated alkanes) is 1. The number of thioether (sulfide) groups is 1. The molecule has 1 aliphatic rings. The van der Waals surface area contributed by atoms with Crippen LogP contribution in [0.5, 0.6) is 5.75 Å². The van der Waals surface area contributed by atoms with Gasteiger partial charge >= 0.3 is 6.09 Å². The number of fused-ring (bicyclic) bond motifs is 3. The van der Waals surface area contributed by atoms with Gasteiger partial charge in [-0.05, 0) is 90.6 Å². The van der Waals surface area contributed by atoms with E-state index < -0.39 is 90.7 Å². The molecule has 0 saturated carbocycles. The Kier molecular flexibility index (Phi) is 23.3. The van der Waals surface area contributed by atoms with Crippen LogP contribution < -0.4 is 48.7 Å². The van der Waals surface area contributed by atoms with Crippen LogP contribution in [0.1, 0.15) is 81.0 Å². The van der Waals surface area contributed by atoms with Crippen LogP contribution in [0, 0.1) is 5.92 Å². The molecule has 12 N–H and O–H groups in total. The Morgan fingerprint density at radius 1 is 0.605 bits per heavy atom. The zero-order valence-electron chi connectivity index (χ0n) is 42.9. The molecule has 406 valence electrons. The molecule has 0 aliphatic heterocycles. The molecule has 5 atom stereocenters. The zero-order chi connectivity index (χ0) is 55.1. The van der Waals surface area contributed by atoms with Crippen LogP contribution >= 0.6 is 11.8 Å². The van der Waals surface area contributed by atoms with Gasteiger partial charge in [-0.2, -0.15) is 0 Å². The standard InChI is InChI=1S/C55H69N9O11S/c1-33(2)27-46(54(73)76-26-24-47(57)66)64-53(72)45(28-35-13-5-4-6-14-35)61-49(68)31-58-48(67)30-59-51(70)44(29-36-20-22-37(65)23-21-36)63-52(71)43(19-11-12-25-56)62-50(69)34(3)60-55(74)75-32-42-40-17-9-7-15-38(40)39-16-8-10-18-41(39)42/h4-10,13-18,20-23,33-34,42-46,65H,11-12,19,24-32,56H2,1-3H3,(H2,57,66)(H,58,67)(H,59,70)(H,60,74)(H,61,68)(H,62,69)(H,63,71)(H,64,72)/t34-,43-,44-,45-,46-/m0/s1. The lowest BCUT2D eigenvalue weighted by Gasteiger charge is -2.25. The highest BCUT2D eigenvalue weighted by molar-refractivity contribution is 8.13. The van der Waals surface area contributed by atoms with Gasteiger partial charge in [-0.3, -0.25) is 38.4 Å². The molecule has 5 rings (SSSR count). The van der Waals surface area contributed by atoms with Crippen molar-refractivity contribution in [2.45, 2.75) is 102 Å². The molecule has 0 fully saturated rings. The summed E-state index contributed by atoms with van der Waals surface area (Å²) in [7, 11) is 0. The number of phenols is 1. The molecule has 20 nitrogen and oxygen atoms in total. The third-order valence-corrected chi connectivity index (χ3v) is 13.3. The van der Waals surface area contributed by atoms with Crippen molar-refractivity contribution >= 4 is 64.3 Å². The molecule has 0 bridgehead atoms. The SMILES string of the molecule is CC(C)C[C@H](NC(=O)[C@H](Cc1ccccc1)NC(=O)CNC(=O)CNC(=O)[C@H](Cc1ccc(O)cc1)NC(=O)[C@H](CCCCN)NC(=O)[C@H](C)NC(=O)OCC1c2ccccc2-c2ccccc21)C(=O)SCCC(N)=O. The fourth-order valence-electron chi connectivity index (χ4n) is 8.44. The summed E-state index contributed by atoms with van der Waals surface area (Å²) in [6.07, 6.45) is 0.414. The summed E-state index contributed by atoms with van der Waals surface area (Å²) in [6.45, 7) is 4.29. The van der Waals surface area contributed by atoms with Crippen LogP contribution in [0.2, 0.25) is 0 Å². The van der Waals surface area contributed by atoms with Crippen molar-refractivity contribution in [1.82, 2.24) is 37.2 Å². The Hall–Kier alpha value is -7.78. The van der Waals surface area contributed by atoms with Crippen LogP contribution in [0.15, 0.2) is 103 Å². The second kappa shape index (κ2) is 29.9. The first-order valence-electron chi connectivity index (χ1n) is 25.3. The number of nitrogens with two attached hydrogens (primary N) is 2. The van der Waals surface area contributed by atoms with Crippen molar-refractivity contribution < 1.29 is 53.0 Å².